The van der Waals surface area contributed by atoms with Crippen LogP contribution >= 0.6 is 34.2 Å². The van der Waals surface area contributed by atoms with E-state index in [1.165, 1.54) is 26.4 Å². The van der Waals surface area contributed by atoms with Gasteiger partial charge in [-0.3, -0.25) is 14.9 Å². The number of carbonyl (C=O) groups is 3. The number of amides is 4. The lowest BCUT2D eigenvalue weighted by Gasteiger charge is -2.26. The van der Waals surface area contributed by atoms with Crippen molar-refractivity contribution in [1.82, 2.24) is 5.32 Å². The summed E-state index contributed by atoms with van der Waals surface area (Å²) in [6, 6.07) is 7.42. The second-order valence-corrected chi connectivity index (χ2v) is 7.77. The summed E-state index contributed by atoms with van der Waals surface area (Å²) in [6.45, 7) is 1.80. The predicted molar refractivity (Wildman–Crippen MR) is 117 cm³/mol. The number of carbonyl (C=O) groups excluding carboxylic acids is 3. The molecule has 2 aromatic rings. The lowest BCUT2D eigenvalue weighted by molar-refractivity contribution is -0.122. The van der Waals surface area contributed by atoms with Crippen molar-refractivity contribution in [3.8, 4) is 11.5 Å². The van der Waals surface area contributed by atoms with Gasteiger partial charge in [0.25, 0.3) is 11.8 Å². The van der Waals surface area contributed by atoms with Crippen LogP contribution < -0.4 is 19.7 Å². The number of hydrogen-bond acceptors (Lipinski definition) is 5. The number of nitrogens with zero attached hydrogens (tertiary/aromatic N) is 1. The highest BCUT2D eigenvalue weighted by molar-refractivity contribution is 14.1. The van der Waals surface area contributed by atoms with Crippen LogP contribution in [0.4, 0.5) is 10.5 Å². The summed E-state index contributed by atoms with van der Waals surface area (Å²) in [6.07, 6.45) is 1.37. The van der Waals surface area contributed by atoms with Crippen molar-refractivity contribution >= 4 is 63.8 Å². The van der Waals surface area contributed by atoms with Crippen LogP contribution in [0.3, 0.4) is 0 Å². The van der Waals surface area contributed by atoms with E-state index >= 15 is 0 Å². The minimum Gasteiger partial charge on any atom is -0.493 e. The normalized spacial score (nSPS) is 15.6. The first-order chi connectivity index (χ1) is 13.8. The number of imide groups is 2. The van der Waals surface area contributed by atoms with Crippen molar-refractivity contribution in [2.75, 3.05) is 19.1 Å². The smallest absolute Gasteiger partial charge is 0.335 e. The fraction of sp³-hybridized carbons (Fsp3) is 0.150. The third kappa shape index (κ3) is 4.08. The van der Waals surface area contributed by atoms with E-state index in [9.17, 15) is 14.4 Å². The number of methoxy groups -OCH3 is 2. The van der Waals surface area contributed by atoms with E-state index in [-0.39, 0.29) is 11.3 Å². The van der Waals surface area contributed by atoms with Crippen LogP contribution in [-0.2, 0) is 9.59 Å². The van der Waals surface area contributed by atoms with E-state index in [2.05, 4.69) is 27.9 Å². The Hall–Kier alpha value is -2.59. The molecule has 0 atom stereocenters. The highest BCUT2D eigenvalue weighted by Gasteiger charge is 2.37. The quantitative estimate of drug-likeness (QED) is 0.371. The lowest BCUT2D eigenvalue weighted by atomic mass is 10.1. The highest BCUT2D eigenvalue weighted by Crippen LogP contribution is 2.35. The molecule has 1 saturated heterocycles. The van der Waals surface area contributed by atoms with Crippen LogP contribution in [0, 0.1) is 10.5 Å². The average molecular weight is 527 g/mol. The number of anilines is 1. The Morgan fingerprint density at radius 3 is 2.45 bits per heavy atom. The maximum Gasteiger partial charge on any atom is 0.335 e. The second-order valence-electron chi connectivity index (χ2n) is 6.12. The molecular formula is C20H16ClIN2O5. The van der Waals surface area contributed by atoms with E-state index in [1.54, 1.807) is 31.2 Å². The van der Waals surface area contributed by atoms with Crippen molar-refractivity contribution in [3.05, 3.63) is 55.6 Å². The third-order valence-corrected chi connectivity index (χ3v) is 5.32. The average Bonchev–Trinajstić information content (AvgIpc) is 2.67. The molecule has 0 aliphatic carbocycles. The molecule has 1 aliphatic heterocycles. The number of rotatable bonds is 4. The summed E-state index contributed by atoms with van der Waals surface area (Å²) in [5.41, 5.74) is 1.30. The van der Waals surface area contributed by atoms with E-state index in [4.69, 9.17) is 21.1 Å². The molecule has 3 rings (SSSR count). The van der Waals surface area contributed by atoms with Gasteiger partial charge in [0, 0.05) is 14.2 Å². The fourth-order valence-corrected chi connectivity index (χ4v) is 3.63. The number of hydrogen-bond donors (Lipinski definition) is 1. The van der Waals surface area contributed by atoms with Gasteiger partial charge in [0.05, 0.1) is 19.9 Å². The molecule has 2 aromatic carbocycles. The van der Waals surface area contributed by atoms with Crippen molar-refractivity contribution in [1.29, 1.82) is 0 Å². The number of barbiturate groups is 1. The molecule has 7 nitrogen and oxygen atoms in total. The molecule has 1 heterocycles. The molecule has 150 valence electrons. The number of ether oxygens (including phenoxy) is 2. The number of benzene rings is 2. The predicted octanol–water partition coefficient (Wildman–Crippen LogP) is 3.94. The Morgan fingerprint density at radius 2 is 1.83 bits per heavy atom. The topological polar surface area (TPSA) is 84.9 Å². The van der Waals surface area contributed by atoms with Gasteiger partial charge in [0.15, 0.2) is 11.5 Å². The molecule has 0 saturated carbocycles. The standard InChI is InChI=1S/C20H16ClIN2O5/c1-10-4-5-13(9-15(10)21)24-19(26)14(18(25)23-20(24)27)7-11-6-12(22)8-16(28-2)17(11)29-3/h4-9H,1-3H3,(H,23,25,27)/b14-7-. The zero-order valence-electron chi connectivity index (χ0n) is 15.7. The minimum atomic E-state index is -0.843. The third-order valence-electron chi connectivity index (χ3n) is 4.29. The van der Waals surface area contributed by atoms with Gasteiger partial charge >= 0.3 is 6.03 Å². The van der Waals surface area contributed by atoms with Crippen molar-refractivity contribution < 1.29 is 23.9 Å². The summed E-state index contributed by atoms with van der Waals surface area (Å²) in [7, 11) is 2.95. The summed E-state index contributed by atoms with van der Waals surface area (Å²) in [5.74, 6) is -0.746. The maximum atomic E-state index is 13.0. The van der Waals surface area contributed by atoms with E-state index in [0.717, 1.165) is 14.0 Å². The first-order valence-electron chi connectivity index (χ1n) is 8.36. The molecule has 29 heavy (non-hydrogen) atoms. The molecule has 0 aromatic heterocycles. The number of halogens is 2. The van der Waals surface area contributed by atoms with Gasteiger partial charge in [0.2, 0.25) is 0 Å². The zero-order chi connectivity index (χ0) is 21.3. The Bertz CT molecular complexity index is 1070. The Morgan fingerprint density at radius 1 is 1.10 bits per heavy atom. The maximum absolute atomic E-state index is 13.0. The van der Waals surface area contributed by atoms with Crippen LogP contribution in [0.15, 0.2) is 35.9 Å². The molecule has 1 N–H and O–H groups in total. The second kappa shape index (κ2) is 8.42. The molecule has 0 unspecified atom stereocenters. The molecular weight excluding hydrogens is 511 g/mol. The van der Waals surface area contributed by atoms with Crippen LogP contribution in [0.5, 0.6) is 11.5 Å². The fourth-order valence-electron chi connectivity index (χ4n) is 2.83. The summed E-state index contributed by atoms with van der Waals surface area (Å²) < 4.78 is 11.5. The van der Waals surface area contributed by atoms with Gasteiger partial charge < -0.3 is 9.47 Å². The molecule has 0 radical (unpaired) electrons. The Kier molecular flexibility index (Phi) is 6.13. The number of nitrogens with one attached hydrogen (secondary N) is 1. The van der Waals surface area contributed by atoms with Crippen LogP contribution in [0.25, 0.3) is 6.08 Å². The zero-order valence-corrected chi connectivity index (χ0v) is 18.6. The van der Waals surface area contributed by atoms with Crippen molar-refractivity contribution in [3.63, 3.8) is 0 Å². The summed E-state index contributed by atoms with van der Waals surface area (Å²) in [5, 5.41) is 2.58. The van der Waals surface area contributed by atoms with E-state index < -0.39 is 17.8 Å². The monoisotopic (exact) mass is 526 g/mol. The SMILES string of the molecule is COc1cc(I)cc(/C=C2/C(=O)NC(=O)N(c3ccc(C)c(Cl)c3)C2=O)c1OC. The van der Waals surface area contributed by atoms with Crippen LogP contribution in [-0.4, -0.2) is 32.1 Å². The Labute approximate surface area is 185 Å². The van der Waals surface area contributed by atoms with Crippen molar-refractivity contribution in [2.24, 2.45) is 0 Å². The number of aryl methyl sites for hydroxylation is 1. The first-order valence-corrected chi connectivity index (χ1v) is 9.81. The highest BCUT2D eigenvalue weighted by atomic mass is 127. The number of urea groups is 1. The van der Waals surface area contributed by atoms with Gasteiger partial charge in [-0.05, 0) is 65.4 Å². The molecule has 1 aliphatic rings. The molecule has 1 fully saturated rings. The van der Waals surface area contributed by atoms with Crippen LogP contribution in [0.1, 0.15) is 11.1 Å². The van der Waals surface area contributed by atoms with Crippen molar-refractivity contribution in [2.45, 2.75) is 6.92 Å². The minimum absolute atomic E-state index is 0.219. The largest absolute Gasteiger partial charge is 0.493 e. The molecule has 9 heteroatoms. The molecule has 0 bridgehead atoms. The molecule has 0 spiro atoms. The van der Waals surface area contributed by atoms with E-state index in [0.29, 0.717) is 22.1 Å². The van der Waals surface area contributed by atoms with Gasteiger partial charge in [-0.15, -0.1) is 0 Å². The molecule has 4 amide bonds. The van der Waals surface area contributed by atoms with Gasteiger partial charge in [-0.2, -0.15) is 0 Å². The van der Waals surface area contributed by atoms with Crippen LogP contribution in [0.2, 0.25) is 5.02 Å². The van der Waals surface area contributed by atoms with E-state index in [1.807, 2.05) is 0 Å². The lowest BCUT2D eigenvalue weighted by Crippen LogP contribution is -2.54. The van der Waals surface area contributed by atoms with Gasteiger partial charge in [0.1, 0.15) is 5.57 Å². The summed E-state index contributed by atoms with van der Waals surface area (Å²) in [4.78, 5) is 38.7. The van der Waals surface area contributed by atoms with Gasteiger partial charge in [-0.25, -0.2) is 9.69 Å². The van der Waals surface area contributed by atoms with Gasteiger partial charge in [-0.1, -0.05) is 17.7 Å². The first kappa shape index (κ1) is 21.1. The summed E-state index contributed by atoms with van der Waals surface area (Å²) >= 11 is 8.22. The Balaban J connectivity index is 2.11.